The second-order valence-electron chi connectivity index (χ2n) is 7.06. The predicted molar refractivity (Wildman–Crippen MR) is 94.1 cm³/mol. The molecule has 0 bridgehead atoms. The van der Waals surface area contributed by atoms with Gasteiger partial charge in [0.25, 0.3) is 5.22 Å². The summed E-state index contributed by atoms with van der Waals surface area (Å²) < 4.78 is 29.6. The molecule has 2 aliphatic heterocycles. The second-order valence-corrected chi connectivity index (χ2v) is 10.1. The zero-order valence-electron chi connectivity index (χ0n) is 14.7. The van der Waals surface area contributed by atoms with Crippen LogP contribution in [0.15, 0.2) is 9.64 Å². The zero-order chi connectivity index (χ0) is 18.2. The number of piperazine rings is 1. The van der Waals surface area contributed by atoms with Gasteiger partial charge in [-0.1, -0.05) is 25.6 Å². The largest absolute Gasteiger partial charge is 0.416 e. The van der Waals surface area contributed by atoms with Gasteiger partial charge in [-0.3, -0.25) is 9.69 Å². The number of carbonyl (C=O) groups is 1. The van der Waals surface area contributed by atoms with Crippen LogP contribution < -0.4 is 0 Å². The maximum atomic E-state index is 12.7. The van der Waals surface area contributed by atoms with E-state index in [4.69, 9.17) is 4.42 Å². The molecule has 1 aromatic heterocycles. The van der Waals surface area contributed by atoms with E-state index in [1.54, 1.807) is 11.8 Å². The van der Waals surface area contributed by atoms with Crippen LogP contribution in [0.2, 0.25) is 0 Å². The fraction of sp³-hybridized carbons (Fsp3) is 0.800. The van der Waals surface area contributed by atoms with E-state index in [1.165, 1.54) is 11.8 Å². The van der Waals surface area contributed by atoms with Crippen molar-refractivity contribution in [1.82, 2.24) is 20.0 Å². The molecule has 0 N–H and O–H groups in total. The minimum Gasteiger partial charge on any atom is -0.416 e. The molecule has 0 radical (unpaired) electrons. The van der Waals surface area contributed by atoms with Crippen LogP contribution in [0.25, 0.3) is 0 Å². The molecular formula is C15H24N4O4S2. The molecule has 3 rings (SSSR count). The molecule has 10 heteroatoms. The quantitative estimate of drug-likeness (QED) is 0.670. The van der Waals surface area contributed by atoms with Crippen LogP contribution in [0.4, 0.5) is 0 Å². The summed E-state index contributed by atoms with van der Waals surface area (Å²) in [4.78, 5) is 16.6. The molecule has 25 heavy (non-hydrogen) atoms. The Labute approximate surface area is 152 Å². The van der Waals surface area contributed by atoms with E-state index in [-0.39, 0.29) is 35.2 Å². The number of hydrogen-bond donors (Lipinski definition) is 0. The molecule has 3 heterocycles. The summed E-state index contributed by atoms with van der Waals surface area (Å²) in [6, 6.07) is -0.351. The third kappa shape index (κ3) is 4.35. The molecule has 0 aliphatic carbocycles. The number of amides is 1. The molecule has 0 unspecified atom stereocenters. The van der Waals surface area contributed by atoms with E-state index in [1.807, 2.05) is 0 Å². The van der Waals surface area contributed by atoms with Gasteiger partial charge in [0.15, 0.2) is 9.84 Å². The fourth-order valence-corrected chi connectivity index (χ4v) is 6.28. The third-order valence-electron chi connectivity index (χ3n) is 4.54. The lowest BCUT2D eigenvalue weighted by molar-refractivity contribution is -0.134. The smallest absolute Gasteiger partial charge is 0.277 e. The van der Waals surface area contributed by atoms with Crippen molar-refractivity contribution in [1.29, 1.82) is 0 Å². The maximum Gasteiger partial charge on any atom is 0.277 e. The van der Waals surface area contributed by atoms with E-state index in [9.17, 15) is 13.2 Å². The fourth-order valence-electron chi connectivity index (χ4n) is 3.57. The van der Waals surface area contributed by atoms with E-state index in [0.29, 0.717) is 30.1 Å². The first kappa shape index (κ1) is 18.7. The molecule has 0 aromatic carbocycles. The lowest BCUT2D eigenvalue weighted by atomic mass is 10.0. The molecular weight excluding hydrogens is 364 g/mol. The van der Waals surface area contributed by atoms with Gasteiger partial charge in [-0.2, -0.15) is 0 Å². The lowest BCUT2D eigenvalue weighted by Gasteiger charge is -2.44. The van der Waals surface area contributed by atoms with Gasteiger partial charge in [-0.05, 0) is 5.92 Å². The van der Waals surface area contributed by atoms with E-state index in [2.05, 4.69) is 28.9 Å². The lowest BCUT2D eigenvalue weighted by Crippen LogP contribution is -2.61. The number of fused-ring (bicyclic) bond motifs is 1. The Morgan fingerprint density at radius 2 is 2.00 bits per heavy atom. The van der Waals surface area contributed by atoms with Crippen molar-refractivity contribution >= 4 is 27.5 Å². The monoisotopic (exact) mass is 388 g/mol. The molecule has 0 spiro atoms. The van der Waals surface area contributed by atoms with Crippen LogP contribution >= 0.6 is 11.8 Å². The number of rotatable bonds is 5. The number of carbonyl (C=O) groups excluding carboxylic acids is 1. The first-order chi connectivity index (χ1) is 11.7. The zero-order valence-corrected chi connectivity index (χ0v) is 16.3. The first-order valence-electron chi connectivity index (χ1n) is 8.42. The summed E-state index contributed by atoms with van der Waals surface area (Å²) in [5, 5.41) is 7.97. The van der Waals surface area contributed by atoms with Gasteiger partial charge in [0.05, 0.1) is 23.3 Å². The Balaban J connectivity index is 1.68. The van der Waals surface area contributed by atoms with Crippen molar-refractivity contribution in [2.75, 3.05) is 36.9 Å². The Morgan fingerprint density at radius 1 is 1.28 bits per heavy atom. The van der Waals surface area contributed by atoms with Gasteiger partial charge in [0, 0.05) is 32.6 Å². The molecule has 1 aromatic rings. The highest BCUT2D eigenvalue weighted by atomic mass is 32.2. The van der Waals surface area contributed by atoms with Crippen LogP contribution in [-0.4, -0.2) is 83.3 Å². The summed E-state index contributed by atoms with van der Waals surface area (Å²) in [7, 11) is -3.11. The number of sulfone groups is 1. The molecule has 8 nitrogen and oxygen atoms in total. The standard InChI is InChI=1S/C15H24N4O4S2/c1-10(2)6-18-4-5-19(13-9-25(21,22)8-12(13)18)14(20)7-24-15-17-16-11(3)23-15/h10,12-13H,4-9H2,1-3H3/t12-,13+/m1/s1. The Hall–Kier alpha value is -1.13. The summed E-state index contributed by atoms with van der Waals surface area (Å²) in [5.74, 6) is 1.22. The van der Waals surface area contributed by atoms with Crippen LogP contribution in [0.5, 0.6) is 0 Å². The van der Waals surface area contributed by atoms with Gasteiger partial charge < -0.3 is 9.32 Å². The average Bonchev–Trinajstić information content (AvgIpc) is 3.06. The van der Waals surface area contributed by atoms with Gasteiger partial charge in [0.1, 0.15) is 0 Å². The molecule has 2 fully saturated rings. The number of aryl methyl sites for hydroxylation is 1. The number of aromatic nitrogens is 2. The minimum atomic E-state index is -3.11. The molecule has 2 atom stereocenters. The Kier molecular flexibility index (Phi) is 5.40. The average molecular weight is 389 g/mol. The topological polar surface area (TPSA) is 96.6 Å². The van der Waals surface area contributed by atoms with Crippen molar-refractivity contribution in [2.45, 2.75) is 38.1 Å². The van der Waals surface area contributed by atoms with Crippen LogP contribution in [0, 0.1) is 12.8 Å². The van der Waals surface area contributed by atoms with Crippen molar-refractivity contribution < 1.29 is 17.6 Å². The van der Waals surface area contributed by atoms with Gasteiger partial charge in [0.2, 0.25) is 11.8 Å². The summed E-state index contributed by atoms with van der Waals surface area (Å²) >= 11 is 1.19. The van der Waals surface area contributed by atoms with Gasteiger partial charge in [-0.25, -0.2) is 8.42 Å². The molecule has 140 valence electrons. The minimum absolute atomic E-state index is 0.0579. The summed E-state index contributed by atoms with van der Waals surface area (Å²) in [6.45, 7) is 8.07. The van der Waals surface area contributed by atoms with Crippen molar-refractivity contribution in [3.63, 3.8) is 0 Å². The van der Waals surface area contributed by atoms with Crippen molar-refractivity contribution in [2.24, 2.45) is 5.92 Å². The Morgan fingerprint density at radius 3 is 2.64 bits per heavy atom. The molecule has 0 saturated carbocycles. The highest BCUT2D eigenvalue weighted by Gasteiger charge is 2.47. The van der Waals surface area contributed by atoms with E-state index in [0.717, 1.165) is 6.54 Å². The normalized spacial score (nSPS) is 26.2. The van der Waals surface area contributed by atoms with Gasteiger partial charge >= 0.3 is 0 Å². The highest BCUT2D eigenvalue weighted by molar-refractivity contribution is 7.99. The molecule has 1 amide bonds. The molecule has 2 aliphatic rings. The van der Waals surface area contributed by atoms with Crippen molar-refractivity contribution in [3.05, 3.63) is 5.89 Å². The number of nitrogens with zero attached hydrogens (tertiary/aromatic N) is 4. The summed E-state index contributed by atoms with van der Waals surface area (Å²) in [5.41, 5.74) is 0. The third-order valence-corrected chi connectivity index (χ3v) is 7.04. The van der Waals surface area contributed by atoms with Crippen LogP contribution in [0.3, 0.4) is 0 Å². The van der Waals surface area contributed by atoms with Gasteiger partial charge in [-0.15, -0.1) is 10.2 Å². The predicted octanol–water partition coefficient (Wildman–Crippen LogP) is 0.436. The maximum absolute atomic E-state index is 12.7. The number of thioether (sulfide) groups is 1. The van der Waals surface area contributed by atoms with Crippen LogP contribution in [-0.2, 0) is 14.6 Å². The van der Waals surface area contributed by atoms with E-state index < -0.39 is 9.84 Å². The Bertz CT molecular complexity index is 734. The SMILES string of the molecule is Cc1nnc(SCC(=O)N2CCN(CC(C)C)[C@@H]3CS(=O)(=O)C[C@@H]32)o1. The first-order valence-corrected chi connectivity index (χ1v) is 11.2. The van der Waals surface area contributed by atoms with E-state index >= 15 is 0 Å². The molecule has 2 saturated heterocycles. The highest BCUT2D eigenvalue weighted by Crippen LogP contribution is 2.28. The van der Waals surface area contributed by atoms with Crippen LogP contribution in [0.1, 0.15) is 19.7 Å². The number of hydrogen-bond acceptors (Lipinski definition) is 8. The van der Waals surface area contributed by atoms with Crippen molar-refractivity contribution in [3.8, 4) is 0 Å². The second kappa shape index (κ2) is 7.24. The summed E-state index contributed by atoms with van der Waals surface area (Å²) in [6.07, 6.45) is 0.